The summed E-state index contributed by atoms with van der Waals surface area (Å²) in [4.78, 5) is 12.1. The molecular weight excluding hydrogens is 348 g/mol. The minimum absolute atomic E-state index is 0. The predicted octanol–water partition coefficient (Wildman–Crippen LogP) is 3.27. The van der Waals surface area contributed by atoms with Gasteiger partial charge in [0.15, 0.2) is 0 Å². The molecule has 0 saturated heterocycles. The van der Waals surface area contributed by atoms with Crippen molar-refractivity contribution in [1.29, 1.82) is 0 Å². The van der Waals surface area contributed by atoms with Crippen LogP contribution in [0.1, 0.15) is 44.1 Å². The Bertz CT molecular complexity index is 651. The minimum atomic E-state index is 0. The Balaban J connectivity index is 0.00000243. The first-order valence-corrected chi connectivity index (χ1v) is 9.40. The number of para-hydroxylation sites is 1. The van der Waals surface area contributed by atoms with Gasteiger partial charge in [-0.05, 0) is 30.5 Å². The summed E-state index contributed by atoms with van der Waals surface area (Å²) in [6.07, 6.45) is 12.0. The highest BCUT2D eigenvalue weighted by atomic mass is 35.5. The van der Waals surface area contributed by atoms with E-state index in [9.17, 15) is 4.79 Å². The zero-order chi connectivity index (χ0) is 17.3. The van der Waals surface area contributed by atoms with Gasteiger partial charge in [0.1, 0.15) is 0 Å². The van der Waals surface area contributed by atoms with Gasteiger partial charge in [0.05, 0.1) is 18.3 Å². The van der Waals surface area contributed by atoms with Crippen molar-refractivity contribution in [1.82, 2.24) is 20.4 Å². The van der Waals surface area contributed by atoms with Crippen molar-refractivity contribution in [3.63, 3.8) is 0 Å². The molecule has 0 radical (unpaired) electrons. The van der Waals surface area contributed by atoms with Crippen LogP contribution in [0.25, 0.3) is 5.69 Å². The first-order valence-electron chi connectivity index (χ1n) is 9.40. The van der Waals surface area contributed by atoms with Crippen molar-refractivity contribution in [2.24, 2.45) is 0 Å². The van der Waals surface area contributed by atoms with Gasteiger partial charge in [-0.3, -0.25) is 4.79 Å². The van der Waals surface area contributed by atoms with Crippen LogP contribution in [0.4, 0.5) is 0 Å². The van der Waals surface area contributed by atoms with Gasteiger partial charge in [0, 0.05) is 25.3 Å². The molecule has 1 amide bonds. The number of amides is 1. The summed E-state index contributed by atoms with van der Waals surface area (Å²) in [7, 11) is 0. The molecular formula is C20H29ClN4O. The molecule has 1 aliphatic rings. The summed E-state index contributed by atoms with van der Waals surface area (Å²) in [5.41, 5.74) is 1.93. The Hall–Kier alpha value is -1.85. The molecule has 2 aromatic rings. The van der Waals surface area contributed by atoms with Gasteiger partial charge >= 0.3 is 0 Å². The maximum Gasteiger partial charge on any atom is 0.224 e. The lowest BCUT2D eigenvalue weighted by molar-refractivity contribution is -0.120. The first kappa shape index (κ1) is 20.5. The van der Waals surface area contributed by atoms with E-state index in [0.29, 0.717) is 19.0 Å². The zero-order valence-corrected chi connectivity index (χ0v) is 16.0. The number of aromatic nitrogens is 2. The lowest BCUT2D eigenvalue weighted by Gasteiger charge is -2.16. The molecule has 3 rings (SSSR count). The quantitative estimate of drug-likeness (QED) is 0.576. The number of nitrogens with zero attached hydrogens (tertiary/aromatic N) is 2. The van der Waals surface area contributed by atoms with Crippen LogP contribution in [-0.4, -0.2) is 34.8 Å². The number of rotatable bonds is 7. The van der Waals surface area contributed by atoms with Crippen LogP contribution in [0.15, 0.2) is 42.7 Å². The Kier molecular flexibility index (Phi) is 8.65. The van der Waals surface area contributed by atoms with E-state index in [2.05, 4.69) is 15.7 Å². The van der Waals surface area contributed by atoms with Crippen LogP contribution >= 0.6 is 12.4 Å². The summed E-state index contributed by atoms with van der Waals surface area (Å²) in [6, 6.07) is 10.6. The third-order valence-electron chi connectivity index (χ3n) is 4.76. The van der Waals surface area contributed by atoms with Crippen LogP contribution < -0.4 is 10.6 Å². The van der Waals surface area contributed by atoms with Gasteiger partial charge in [0.25, 0.3) is 0 Å². The summed E-state index contributed by atoms with van der Waals surface area (Å²) in [6.45, 7) is 1.53. The SMILES string of the molecule is Cl.O=C(Cc1cnn(-c2ccccc2)c1)NCCNC1CCCCCC1. The van der Waals surface area contributed by atoms with E-state index in [4.69, 9.17) is 0 Å². The average molecular weight is 377 g/mol. The van der Waals surface area contributed by atoms with E-state index in [1.807, 2.05) is 36.5 Å². The van der Waals surface area contributed by atoms with Gasteiger partial charge in [0.2, 0.25) is 5.91 Å². The first-order chi connectivity index (χ1) is 12.3. The normalized spacial score (nSPS) is 15.1. The summed E-state index contributed by atoms with van der Waals surface area (Å²) >= 11 is 0. The van der Waals surface area contributed by atoms with Gasteiger partial charge in [-0.15, -0.1) is 12.4 Å². The van der Waals surface area contributed by atoms with Crippen molar-refractivity contribution in [2.75, 3.05) is 13.1 Å². The lowest BCUT2D eigenvalue weighted by Crippen LogP contribution is -2.37. The predicted molar refractivity (Wildman–Crippen MR) is 107 cm³/mol. The molecule has 1 aromatic heterocycles. The Morgan fingerprint density at radius 3 is 2.54 bits per heavy atom. The molecule has 0 unspecified atom stereocenters. The number of halogens is 1. The maximum absolute atomic E-state index is 12.1. The molecule has 26 heavy (non-hydrogen) atoms. The molecule has 6 heteroatoms. The number of carbonyl (C=O) groups excluding carboxylic acids is 1. The van der Waals surface area contributed by atoms with Crippen LogP contribution in [0.2, 0.25) is 0 Å². The van der Waals surface area contributed by atoms with Gasteiger partial charge in [-0.1, -0.05) is 43.9 Å². The molecule has 0 spiro atoms. The van der Waals surface area contributed by atoms with Crippen LogP contribution in [0.5, 0.6) is 0 Å². The van der Waals surface area contributed by atoms with Crippen LogP contribution in [0.3, 0.4) is 0 Å². The Labute approximate surface area is 162 Å². The highest BCUT2D eigenvalue weighted by Gasteiger charge is 2.11. The maximum atomic E-state index is 12.1. The minimum Gasteiger partial charge on any atom is -0.355 e. The monoisotopic (exact) mass is 376 g/mol. The highest BCUT2D eigenvalue weighted by molar-refractivity contribution is 5.85. The van der Waals surface area contributed by atoms with Gasteiger partial charge in [-0.2, -0.15) is 5.10 Å². The number of nitrogens with one attached hydrogen (secondary N) is 2. The highest BCUT2D eigenvalue weighted by Crippen LogP contribution is 2.16. The van der Waals surface area contributed by atoms with Gasteiger partial charge < -0.3 is 10.6 Å². The second-order valence-corrected chi connectivity index (χ2v) is 6.80. The fourth-order valence-corrected chi connectivity index (χ4v) is 3.38. The largest absolute Gasteiger partial charge is 0.355 e. The third-order valence-corrected chi connectivity index (χ3v) is 4.76. The second kappa shape index (κ2) is 11.0. The van der Waals surface area contributed by atoms with E-state index in [0.717, 1.165) is 17.8 Å². The van der Waals surface area contributed by atoms with Crippen molar-refractivity contribution in [3.8, 4) is 5.69 Å². The zero-order valence-electron chi connectivity index (χ0n) is 15.2. The number of hydrogen-bond acceptors (Lipinski definition) is 3. The van der Waals surface area contributed by atoms with E-state index >= 15 is 0 Å². The standard InChI is InChI=1S/C20H28N4O.ClH/c25-20(22-13-12-21-18-8-4-1-2-5-9-18)14-17-15-23-24(16-17)19-10-6-3-7-11-19;/h3,6-7,10-11,15-16,18,21H,1-2,4-5,8-9,12-14H2,(H,22,25);1H. The average Bonchev–Trinajstić information content (AvgIpc) is 2.94. The molecule has 2 N–H and O–H groups in total. The summed E-state index contributed by atoms with van der Waals surface area (Å²) in [5, 5.41) is 10.9. The fourth-order valence-electron chi connectivity index (χ4n) is 3.38. The lowest BCUT2D eigenvalue weighted by atomic mass is 10.1. The van der Waals surface area contributed by atoms with Gasteiger partial charge in [-0.25, -0.2) is 4.68 Å². The molecule has 0 bridgehead atoms. The van der Waals surface area contributed by atoms with Crippen LogP contribution in [-0.2, 0) is 11.2 Å². The topological polar surface area (TPSA) is 59.0 Å². The molecule has 1 aliphatic carbocycles. The smallest absolute Gasteiger partial charge is 0.224 e. The molecule has 0 atom stereocenters. The number of benzene rings is 1. The summed E-state index contributed by atoms with van der Waals surface area (Å²) < 4.78 is 1.80. The number of carbonyl (C=O) groups is 1. The van der Waals surface area contributed by atoms with E-state index in [1.54, 1.807) is 10.9 Å². The molecule has 5 nitrogen and oxygen atoms in total. The molecule has 142 valence electrons. The molecule has 1 aromatic carbocycles. The van der Waals surface area contributed by atoms with E-state index < -0.39 is 0 Å². The van der Waals surface area contributed by atoms with Crippen molar-refractivity contribution in [3.05, 3.63) is 48.3 Å². The number of hydrogen-bond donors (Lipinski definition) is 2. The van der Waals surface area contributed by atoms with Crippen molar-refractivity contribution >= 4 is 18.3 Å². The van der Waals surface area contributed by atoms with Crippen LogP contribution in [0, 0.1) is 0 Å². The Morgan fingerprint density at radius 2 is 1.81 bits per heavy atom. The van der Waals surface area contributed by atoms with E-state index in [1.165, 1.54) is 38.5 Å². The molecule has 1 fully saturated rings. The fraction of sp³-hybridized carbons (Fsp3) is 0.500. The third kappa shape index (κ3) is 6.46. The molecule has 1 heterocycles. The molecule has 1 saturated carbocycles. The van der Waals surface area contributed by atoms with E-state index in [-0.39, 0.29) is 18.3 Å². The Morgan fingerprint density at radius 1 is 1.08 bits per heavy atom. The van der Waals surface area contributed by atoms with Crippen molar-refractivity contribution in [2.45, 2.75) is 51.0 Å². The second-order valence-electron chi connectivity index (χ2n) is 6.80. The van der Waals surface area contributed by atoms with Crippen molar-refractivity contribution < 1.29 is 4.79 Å². The molecule has 0 aliphatic heterocycles. The summed E-state index contributed by atoms with van der Waals surface area (Å²) in [5.74, 6) is 0.0512.